The summed E-state index contributed by atoms with van der Waals surface area (Å²) in [5, 5.41) is 31.6. The predicted molar refractivity (Wildman–Crippen MR) is 65.1 cm³/mol. The molecule has 8 nitrogen and oxygen atoms in total. The van der Waals surface area contributed by atoms with Gasteiger partial charge in [0.1, 0.15) is 18.4 Å². The summed E-state index contributed by atoms with van der Waals surface area (Å²) in [6, 6.07) is 0. The van der Waals surface area contributed by atoms with Crippen LogP contribution in [0.2, 0.25) is 0 Å². The predicted octanol–water partition coefficient (Wildman–Crippen LogP) is -1.24. The van der Waals surface area contributed by atoms with Gasteiger partial charge in [-0.1, -0.05) is 0 Å². The van der Waals surface area contributed by atoms with Crippen molar-refractivity contribution in [3.63, 3.8) is 0 Å². The first-order valence-corrected chi connectivity index (χ1v) is 5.94. The number of halogens is 1. The third kappa shape index (κ3) is 3.73. The molecule has 0 saturated carbocycles. The van der Waals surface area contributed by atoms with Gasteiger partial charge in [-0.3, -0.25) is 4.79 Å². The molecule has 114 valence electrons. The summed E-state index contributed by atoms with van der Waals surface area (Å²) in [5.41, 5.74) is 4.40. The molecule has 1 rings (SSSR count). The lowest BCUT2D eigenvalue weighted by Crippen LogP contribution is -2.41. The molecular weight excluding hydrogens is 273 g/mol. The molecule has 0 bridgehead atoms. The van der Waals surface area contributed by atoms with Gasteiger partial charge in [0.05, 0.1) is 18.9 Å². The first kappa shape index (κ1) is 16.5. The van der Waals surface area contributed by atoms with Crippen LogP contribution < -0.4 is 5.73 Å². The van der Waals surface area contributed by atoms with Gasteiger partial charge in [-0.2, -0.15) is 5.10 Å². The Morgan fingerprint density at radius 1 is 1.55 bits per heavy atom. The highest BCUT2D eigenvalue weighted by Gasteiger charge is 2.27. The molecule has 1 aromatic heterocycles. The van der Waals surface area contributed by atoms with Crippen molar-refractivity contribution in [3.05, 3.63) is 17.7 Å². The fourth-order valence-electron chi connectivity index (χ4n) is 1.58. The lowest BCUT2D eigenvalue weighted by molar-refractivity contribution is -0.144. The van der Waals surface area contributed by atoms with E-state index >= 15 is 0 Å². The number of carbonyl (C=O) groups is 1. The van der Waals surface area contributed by atoms with Crippen LogP contribution in [0.3, 0.4) is 0 Å². The molecule has 1 heterocycles. The van der Waals surface area contributed by atoms with E-state index in [4.69, 9.17) is 15.6 Å². The van der Waals surface area contributed by atoms with Crippen molar-refractivity contribution in [2.45, 2.75) is 38.4 Å². The molecule has 0 fully saturated rings. The number of carbonyl (C=O) groups excluding carboxylic acids is 1. The van der Waals surface area contributed by atoms with Crippen LogP contribution in [0.15, 0.2) is 6.20 Å². The van der Waals surface area contributed by atoms with Gasteiger partial charge < -0.3 is 25.8 Å². The van der Waals surface area contributed by atoms with Crippen molar-refractivity contribution < 1.29 is 29.2 Å². The fourth-order valence-corrected chi connectivity index (χ4v) is 1.58. The molecule has 5 N–H and O–H groups in total. The van der Waals surface area contributed by atoms with Crippen molar-refractivity contribution in [2.75, 3.05) is 6.61 Å². The van der Waals surface area contributed by atoms with Gasteiger partial charge >= 0.3 is 0 Å². The van der Waals surface area contributed by atoms with Crippen LogP contribution in [-0.2, 0) is 4.74 Å². The molecule has 9 heteroatoms. The number of hydrogen-bond donors (Lipinski definition) is 4. The van der Waals surface area contributed by atoms with E-state index in [1.165, 1.54) is 13.8 Å². The Hall–Kier alpha value is -1.55. The summed E-state index contributed by atoms with van der Waals surface area (Å²) in [7, 11) is 0. The third-order valence-corrected chi connectivity index (χ3v) is 2.72. The first-order chi connectivity index (χ1) is 9.27. The molecule has 0 radical (unpaired) electrons. The van der Waals surface area contributed by atoms with E-state index in [1.54, 1.807) is 0 Å². The number of ether oxygens (including phenoxy) is 1. The number of hydrogen-bond acceptors (Lipinski definition) is 6. The maximum atomic E-state index is 13.3. The number of aliphatic hydroxyl groups excluding tert-OH is 3. The summed E-state index contributed by atoms with van der Waals surface area (Å²) in [4.78, 5) is 10.9. The van der Waals surface area contributed by atoms with Gasteiger partial charge in [0.15, 0.2) is 11.5 Å². The number of primary amides is 1. The zero-order chi connectivity index (χ0) is 15.4. The smallest absolute Gasteiger partial charge is 0.272 e. The average molecular weight is 291 g/mol. The standard InChI is InChI=1S/C11H18FN3O5/c1-5(17)10(18)8(4-16)20-6(2)15-3-7(12)9(14-15)11(13)19/h3,5-6,8,10,16-18H,4H2,1-2H3,(H2,13,19)/t5?,6?,8-,10?/m1/s1. The van der Waals surface area contributed by atoms with Crippen LogP contribution in [0, 0.1) is 5.82 Å². The largest absolute Gasteiger partial charge is 0.394 e. The van der Waals surface area contributed by atoms with Gasteiger partial charge in [-0.15, -0.1) is 0 Å². The zero-order valence-corrected chi connectivity index (χ0v) is 11.1. The Morgan fingerprint density at radius 2 is 2.15 bits per heavy atom. The second-order valence-corrected chi connectivity index (χ2v) is 4.36. The first-order valence-electron chi connectivity index (χ1n) is 5.94. The Balaban J connectivity index is 2.82. The minimum Gasteiger partial charge on any atom is -0.394 e. The summed E-state index contributed by atoms with van der Waals surface area (Å²) in [6.07, 6.45) is -3.50. The van der Waals surface area contributed by atoms with Crippen LogP contribution in [0.4, 0.5) is 4.39 Å². The van der Waals surface area contributed by atoms with Crippen molar-refractivity contribution in [2.24, 2.45) is 5.73 Å². The topological polar surface area (TPSA) is 131 Å². The summed E-state index contributed by atoms with van der Waals surface area (Å²) in [5.74, 6) is -1.92. The van der Waals surface area contributed by atoms with E-state index in [2.05, 4.69) is 5.10 Å². The van der Waals surface area contributed by atoms with E-state index in [1.807, 2.05) is 0 Å². The lowest BCUT2D eigenvalue weighted by atomic mass is 10.1. The number of nitrogens with two attached hydrogens (primary N) is 1. The summed E-state index contributed by atoms with van der Waals surface area (Å²) in [6.45, 7) is 2.25. The number of rotatable bonds is 7. The van der Waals surface area contributed by atoms with Crippen molar-refractivity contribution in [1.29, 1.82) is 0 Å². The molecular formula is C11H18FN3O5. The fraction of sp³-hybridized carbons (Fsp3) is 0.636. The van der Waals surface area contributed by atoms with E-state index in [9.17, 15) is 19.4 Å². The van der Waals surface area contributed by atoms with E-state index in [-0.39, 0.29) is 0 Å². The molecule has 0 aromatic carbocycles. The maximum Gasteiger partial charge on any atom is 0.272 e. The summed E-state index contributed by atoms with van der Waals surface area (Å²) >= 11 is 0. The van der Waals surface area contributed by atoms with E-state index in [0.717, 1.165) is 10.9 Å². The molecule has 20 heavy (non-hydrogen) atoms. The summed E-state index contributed by atoms with van der Waals surface area (Å²) < 4.78 is 19.6. The number of amides is 1. The highest BCUT2D eigenvalue weighted by molar-refractivity contribution is 5.90. The minimum atomic E-state index is -1.32. The Bertz CT molecular complexity index is 465. The van der Waals surface area contributed by atoms with Crippen LogP contribution in [0.25, 0.3) is 0 Å². The quantitative estimate of drug-likeness (QED) is 0.497. The Kier molecular flexibility index (Phi) is 5.57. The van der Waals surface area contributed by atoms with Gasteiger partial charge in [-0.25, -0.2) is 9.07 Å². The third-order valence-electron chi connectivity index (χ3n) is 2.72. The number of aromatic nitrogens is 2. The van der Waals surface area contributed by atoms with Gasteiger partial charge in [0.25, 0.3) is 5.91 Å². The average Bonchev–Trinajstić information content (AvgIpc) is 2.77. The highest BCUT2D eigenvalue weighted by atomic mass is 19.1. The molecule has 0 aliphatic heterocycles. The molecule has 3 unspecified atom stereocenters. The molecule has 0 aliphatic carbocycles. The minimum absolute atomic E-state index is 0.530. The Labute approximate surface area is 114 Å². The van der Waals surface area contributed by atoms with Gasteiger partial charge in [0, 0.05) is 0 Å². The van der Waals surface area contributed by atoms with Gasteiger partial charge in [0.2, 0.25) is 0 Å². The highest BCUT2D eigenvalue weighted by Crippen LogP contribution is 2.16. The number of aliphatic hydroxyl groups is 3. The Morgan fingerprint density at radius 3 is 2.55 bits per heavy atom. The van der Waals surface area contributed by atoms with Crippen molar-refractivity contribution >= 4 is 5.91 Å². The molecule has 1 amide bonds. The maximum absolute atomic E-state index is 13.3. The number of nitrogens with zero attached hydrogens (tertiary/aromatic N) is 2. The van der Waals surface area contributed by atoms with E-state index < -0.39 is 48.6 Å². The molecule has 0 aliphatic rings. The second kappa shape index (κ2) is 6.75. The van der Waals surface area contributed by atoms with Crippen LogP contribution in [0.5, 0.6) is 0 Å². The zero-order valence-electron chi connectivity index (χ0n) is 11.1. The van der Waals surface area contributed by atoms with Crippen molar-refractivity contribution in [3.8, 4) is 0 Å². The van der Waals surface area contributed by atoms with Gasteiger partial charge in [-0.05, 0) is 13.8 Å². The normalized spacial score (nSPS) is 17.5. The monoisotopic (exact) mass is 291 g/mol. The van der Waals surface area contributed by atoms with Crippen molar-refractivity contribution in [1.82, 2.24) is 9.78 Å². The van der Waals surface area contributed by atoms with Crippen LogP contribution in [0.1, 0.15) is 30.6 Å². The van der Waals surface area contributed by atoms with Crippen LogP contribution >= 0.6 is 0 Å². The molecule has 0 saturated heterocycles. The van der Waals surface area contributed by atoms with E-state index in [0.29, 0.717) is 0 Å². The second-order valence-electron chi connectivity index (χ2n) is 4.36. The molecule has 1 aromatic rings. The SMILES string of the molecule is CC(O)C(O)[C@@H](CO)OC(C)n1cc(F)c(C(N)=O)n1. The lowest BCUT2D eigenvalue weighted by Gasteiger charge is -2.26. The molecule has 0 spiro atoms. The van der Waals surface area contributed by atoms with Crippen LogP contribution in [-0.4, -0.2) is 55.9 Å². The molecule has 4 atom stereocenters.